The van der Waals surface area contributed by atoms with Gasteiger partial charge < -0.3 is 4.57 Å². The minimum Gasteiger partial charge on any atom is -0.341 e. The summed E-state index contributed by atoms with van der Waals surface area (Å²) in [5.74, 6) is 0. The minimum absolute atomic E-state index is 0.933. The van der Waals surface area contributed by atoms with Gasteiger partial charge in [0.1, 0.15) is 0 Å². The number of aromatic nitrogens is 5. The molecule has 0 unspecified atom stereocenters. The van der Waals surface area contributed by atoms with Crippen LogP contribution in [0, 0.1) is 0 Å². The van der Waals surface area contributed by atoms with Crippen LogP contribution < -0.4 is 0 Å². The highest BCUT2D eigenvalue weighted by molar-refractivity contribution is 6.09. The molecule has 3 aromatic heterocycles. The Kier molecular flexibility index (Phi) is 3.00. The van der Waals surface area contributed by atoms with Gasteiger partial charge in [0.15, 0.2) is 0 Å². The molecule has 0 saturated carbocycles. The van der Waals surface area contributed by atoms with Crippen molar-refractivity contribution in [2.24, 2.45) is 0 Å². The first-order valence-corrected chi connectivity index (χ1v) is 8.41. The van der Waals surface area contributed by atoms with Gasteiger partial charge in [-0.05, 0) is 55.5 Å². The molecule has 0 bridgehead atoms. The summed E-state index contributed by atoms with van der Waals surface area (Å²) in [6, 6.07) is 16.9. The third-order valence-corrected chi connectivity index (χ3v) is 4.69. The fourth-order valence-electron chi connectivity index (χ4n) is 3.55. The molecule has 2 aromatic carbocycles. The second kappa shape index (κ2) is 5.34. The van der Waals surface area contributed by atoms with Gasteiger partial charge in [-0.2, -0.15) is 10.2 Å². The van der Waals surface area contributed by atoms with Crippen molar-refractivity contribution >= 4 is 21.8 Å². The molecule has 0 atom stereocenters. The molecule has 0 N–H and O–H groups in total. The summed E-state index contributed by atoms with van der Waals surface area (Å²) in [5.41, 5.74) is 4.62. The topological polar surface area (TPSA) is 40.6 Å². The van der Waals surface area contributed by atoms with E-state index in [0.717, 1.165) is 17.9 Å². The van der Waals surface area contributed by atoms with Crippen molar-refractivity contribution in [2.45, 2.75) is 13.5 Å². The molecule has 5 nitrogen and oxygen atoms in total. The summed E-state index contributed by atoms with van der Waals surface area (Å²) in [6.45, 7) is 3.12. The number of nitrogens with zero attached hydrogens (tertiary/aromatic N) is 5. The Hall–Kier alpha value is -3.34. The van der Waals surface area contributed by atoms with Crippen LogP contribution in [0.5, 0.6) is 0 Å². The molecule has 0 aliphatic rings. The van der Waals surface area contributed by atoms with Crippen LogP contribution in [-0.4, -0.2) is 24.1 Å². The molecule has 3 heterocycles. The van der Waals surface area contributed by atoms with Gasteiger partial charge in [-0.15, -0.1) is 0 Å². The lowest BCUT2D eigenvalue weighted by atomic mass is 10.1. The summed E-state index contributed by atoms with van der Waals surface area (Å²) >= 11 is 0. The Labute approximate surface area is 144 Å². The lowest BCUT2D eigenvalue weighted by Crippen LogP contribution is -1.96. The average Bonchev–Trinajstić information content (AvgIpc) is 3.40. The predicted octanol–water partition coefficient (Wildman–Crippen LogP) is 4.19. The van der Waals surface area contributed by atoms with Crippen molar-refractivity contribution in [3.8, 4) is 11.4 Å². The molecule has 25 heavy (non-hydrogen) atoms. The van der Waals surface area contributed by atoms with E-state index in [2.05, 4.69) is 58.1 Å². The number of fused-ring (bicyclic) bond motifs is 3. The predicted molar refractivity (Wildman–Crippen MR) is 99.4 cm³/mol. The highest BCUT2D eigenvalue weighted by atomic mass is 15.3. The lowest BCUT2D eigenvalue weighted by molar-refractivity contribution is 0.825. The minimum atomic E-state index is 0.933. The number of hydrogen-bond acceptors (Lipinski definition) is 2. The maximum absolute atomic E-state index is 4.35. The molecule has 0 fully saturated rings. The fourth-order valence-corrected chi connectivity index (χ4v) is 3.55. The van der Waals surface area contributed by atoms with Gasteiger partial charge in [0.2, 0.25) is 0 Å². The van der Waals surface area contributed by atoms with Crippen molar-refractivity contribution < 1.29 is 0 Å². The fraction of sp³-hybridized carbons (Fsp3) is 0.100. The van der Waals surface area contributed by atoms with Crippen LogP contribution in [0.25, 0.3) is 33.2 Å². The Morgan fingerprint density at radius 3 is 1.68 bits per heavy atom. The molecule has 0 spiro atoms. The summed E-state index contributed by atoms with van der Waals surface area (Å²) in [5, 5.41) is 11.2. The largest absolute Gasteiger partial charge is 0.341 e. The summed E-state index contributed by atoms with van der Waals surface area (Å²) in [6.07, 6.45) is 7.54. The van der Waals surface area contributed by atoms with Crippen LogP contribution in [0.15, 0.2) is 73.3 Å². The maximum atomic E-state index is 4.35. The van der Waals surface area contributed by atoms with Gasteiger partial charge in [0.05, 0.1) is 11.4 Å². The molecule has 5 rings (SSSR count). The van der Waals surface area contributed by atoms with E-state index in [-0.39, 0.29) is 0 Å². The zero-order valence-electron chi connectivity index (χ0n) is 13.9. The highest BCUT2D eigenvalue weighted by Crippen LogP contribution is 2.32. The zero-order chi connectivity index (χ0) is 16.8. The third kappa shape index (κ3) is 2.09. The van der Waals surface area contributed by atoms with Crippen molar-refractivity contribution in [3.05, 3.63) is 73.3 Å². The van der Waals surface area contributed by atoms with Gasteiger partial charge in [-0.1, -0.05) is 0 Å². The summed E-state index contributed by atoms with van der Waals surface area (Å²) in [7, 11) is 0. The van der Waals surface area contributed by atoms with Gasteiger partial charge in [-0.25, -0.2) is 9.36 Å². The molecule has 122 valence electrons. The lowest BCUT2D eigenvalue weighted by Gasteiger charge is -2.05. The van der Waals surface area contributed by atoms with E-state index in [1.54, 1.807) is 12.4 Å². The first kappa shape index (κ1) is 14.0. The first-order chi connectivity index (χ1) is 12.3. The van der Waals surface area contributed by atoms with Crippen molar-refractivity contribution in [3.63, 3.8) is 0 Å². The Morgan fingerprint density at radius 1 is 0.760 bits per heavy atom. The molecule has 0 amide bonds. The first-order valence-electron chi connectivity index (χ1n) is 8.41. The van der Waals surface area contributed by atoms with Gasteiger partial charge in [0, 0.05) is 53.1 Å². The van der Waals surface area contributed by atoms with Gasteiger partial charge in [0.25, 0.3) is 0 Å². The SMILES string of the molecule is CCn1c2ccc(-n3cccn3)cc2c2cc(-n3cccn3)ccc21. The smallest absolute Gasteiger partial charge is 0.0653 e. The zero-order valence-corrected chi connectivity index (χ0v) is 13.9. The molecule has 0 radical (unpaired) electrons. The Balaban J connectivity index is 1.82. The number of hydrogen-bond donors (Lipinski definition) is 0. The van der Waals surface area contributed by atoms with Crippen LogP contribution in [0.2, 0.25) is 0 Å². The monoisotopic (exact) mass is 327 g/mol. The van der Waals surface area contributed by atoms with Crippen LogP contribution >= 0.6 is 0 Å². The molecular formula is C20H17N5. The molecule has 5 heteroatoms. The van der Waals surface area contributed by atoms with E-state index >= 15 is 0 Å². The standard InChI is InChI=1S/C20H17N5/c1-2-23-19-7-5-15(24-11-3-9-21-24)13-17(19)18-14-16(6-8-20(18)23)25-12-4-10-22-25/h3-14H,2H2,1H3. The van der Waals surface area contributed by atoms with E-state index in [4.69, 9.17) is 0 Å². The Bertz CT molecular complexity index is 1070. The Morgan fingerprint density at radius 2 is 1.28 bits per heavy atom. The van der Waals surface area contributed by atoms with E-state index in [9.17, 15) is 0 Å². The normalized spacial score (nSPS) is 11.6. The van der Waals surface area contributed by atoms with E-state index in [1.807, 2.05) is 33.9 Å². The van der Waals surface area contributed by atoms with Gasteiger partial charge in [-0.3, -0.25) is 0 Å². The van der Waals surface area contributed by atoms with E-state index in [0.29, 0.717) is 0 Å². The van der Waals surface area contributed by atoms with Crippen LogP contribution in [0.4, 0.5) is 0 Å². The number of benzene rings is 2. The molecule has 5 aromatic rings. The second-order valence-electron chi connectivity index (χ2n) is 6.05. The van der Waals surface area contributed by atoms with E-state index < -0.39 is 0 Å². The number of aryl methyl sites for hydroxylation is 1. The summed E-state index contributed by atoms with van der Waals surface area (Å²) < 4.78 is 6.14. The molecule has 0 saturated heterocycles. The van der Waals surface area contributed by atoms with Crippen molar-refractivity contribution in [1.29, 1.82) is 0 Å². The molecule has 0 aliphatic heterocycles. The summed E-state index contributed by atoms with van der Waals surface area (Å²) in [4.78, 5) is 0. The van der Waals surface area contributed by atoms with Crippen LogP contribution in [0.3, 0.4) is 0 Å². The van der Waals surface area contributed by atoms with Gasteiger partial charge >= 0.3 is 0 Å². The highest BCUT2D eigenvalue weighted by Gasteiger charge is 2.12. The van der Waals surface area contributed by atoms with Crippen molar-refractivity contribution in [1.82, 2.24) is 24.1 Å². The molecule has 0 aliphatic carbocycles. The number of rotatable bonds is 3. The molecular weight excluding hydrogens is 310 g/mol. The quantitative estimate of drug-likeness (QED) is 0.498. The van der Waals surface area contributed by atoms with Crippen molar-refractivity contribution in [2.75, 3.05) is 0 Å². The second-order valence-corrected chi connectivity index (χ2v) is 6.05. The van der Waals surface area contributed by atoms with Crippen LogP contribution in [0.1, 0.15) is 6.92 Å². The van der Waals surface area contributed by atoms with E-state index in [1.165, 1.54) is 21.8 Å². The third-order valence-electron chi connectivity index (χ3n) is 4.69. The maximum Gasteiger partial charge on any atom is 0.0653 e. The van der Waals surface area contributed by atoms with Crippen LogP contribution in [-0.2, 0) is 6.54 Å². The average molecular weight is 327 g/mol.